The molecule has 0 aliphatic rings. The number of fused-ring (bicyclic) bond motifs is 1. The van der Waals surface area contributed by atoms with Gasteiger partial charge in [0.15, 0.2) is 17.0 Å². The van der Waals surface area contributed by atoms with Gasteiger partial charge in [-0.1, -0.05) is 30.3 Å². The molecule has 114 valence electrons. The van der Waals surface area contributed by atoms with E-state index in [-0.39, 0.29) is 0 Å². The lowest BCUT2D eigenvalue weighted by Gasteiger charge is -2.07. The van der Waals surface area contributed by atoms with E-state index in [1.807, 2.05) is 36.4 Å². The topological polar surface area (TPSA) is 71.4 Å². The van der Waals surface area contributed by atoms with E-state index in [4.69, 9.17) is 0 Å². The zero-order valence-electron chi connectivity index (χ0n) is 12.1. The van der Waals surface area contributed by atoms with E-state index in [1.54, 1.807) is 23.3 Å². The molecule has 0 bridgehead atoms. The highest BCUT2D eigenvalue weighted by Gasteiger charge is 2.14. The van der Waals surface area contributed by atoms with Crippen molar-refractivity contribution in [3.05, 3.63) is 66.8 Å². The minimum atomic E-state index is -0.787. The van der Waals surface area contributed by atoms with Crippen LogP contribution in [0.15, 0.2) is 55.1 Å². The summed E-state index contributed by atoms with van der Waals surface area (Å²) < 4.78 is 15.5. The van der Waals surface area contributed by atoms with Crippen LogP contribution in [0.5, 0.6) is 0 Å². The summed E-state index contributed by atoms with van der Waals surface area (Å²) in [7, 11) is 0. The van der Waals surface area contributed by atoms with Gasteiger partial charge in [-0.15, -0.1) is 0 Å². The van der Waals surface area contributed by atoms with Crippen LogP contribution in [-0.2, 0) is 6.54 Å². The summed E-state index contributed by atoms with van der Waals surface area (Å²) in [5.41, 5.74) is 2.86. The Kier molecular flexibility index (Phi) is 3.23. The number of nitrogens with one attached hydrogen (secondary N) is 2. The Morgan fingerprint density at radius 2 is 2.00 bits per heavy atom. The summed E-state index contributed by atoms with van der Waals surface area (Å²) in [6, 6.07) is 11.7. The minimum Gasteiger partial charge on any atom is -0.366 e. The average Bonchev–Trinajstić information content (AvgIpc) is 3.22. The largest absolute Gasteiger partial charge is 0.366 e. The van der Waals surface area contributed by atoms with Crippen LogP contribution in [0.1, 0.15) is 5.56 Å². The molecule has 4 rings (SSSR count). The number of aromatic amines is 1. The van der Waals surface area contributed by atoms with Crippen molar-refractivity contribution in [2.24, 2.45) is 0 Å². The minimum absolute atomic E-state index is 0.380. The molecule has 0 fully saturated rings. The van der Waals surface area contributed by atoms with Gasteiger partial charge in [0.1, 0.15) is 6.33 Å². The second kappa shape index (κ2) is 5.53. The smallest absolute Gasteiger partial charge is 0.312 e. The van der Waals surface area contributed by atoms with Gasteiger partial charge in [0.25, 0.3) is 0 Å². The van der Waals surface area contributed by atoms with Crippen LogP contribution in [0.2, 0.25) is 0 Å². The zero-order chi connectivity index (χ0) is 15.6. The van der Waals surface area contributed by atoms with Crippen molar-refractivity contribution in [2.75, 3.05) is 5.32 Å². The molecule has 6 nitrogen and oxygen atoms in total. The third kappa shape index (κ3) is 2.52. The Balaban J connectivity index is 1.72. The normalized spacial score (nSPS) is 11.0. The van der Waals surface area contributed by atoms with E-state index in [2.05, 4.69) is 25.3 Å². The van der Waals surface area contributed by atoms with Gasteiger partial charge in [-0.05, 0) is 11.6 Å². The highest BCUT2D eigenvalue weighted by Crippen LogP contribution is 2.22. The Hall–Kier alpha value is -3.22. The molecule has 0 atom stereocenters. The van der Waals surface area contributed by atoms with E-state index < -0.39 is 6.08 Å². The van der Waals surface area contributed by atoms with Crippen molar-refractivity contribution in [1.82, 2.24) is 24.5 Å². The Morgan fingerprint density at radius 3 is 2.78 bits per heavy atom. The van der Waals surface area contributed by atoms with Crippen LogP contribution in [0, 0.1) is 6.08 Å². The van der Waals surface area contributed by atoms with Gasteiger partial charge >= 0.3 is 6.08 Å². The Morgan fingerprint density at radius 1 is 1.13 bits per heavy atom. The highest BCUT2D eigenvalue weighted by atomic mass is 19.1. The van der Waals surface area contributed by atoms with Crippen LogP contribution in [-0.4, -0.2) is 24.5 Å². The summed E-state index contributed by atoms with van der Waals surface area (Å²) >= 11 is 0. The number of anilines is 1. The fourth-order valence-corrected chi connectivity index (χ4v) is 2.43. The van der Waals surface area contributed by atoms with E-state index in [9.17, 15) is 4.39 Å². The van der Waals surface area contributed by atoms with Crippen molar-refractivity contribution >= 4 is 17.0 Å². The number of benzene rings is 1. The van der Waals surface area contributed by atoms with E-state index in [1.165, 1.54) is 0 Å². The first-order chi connectivity index (χ1) is 11.3. The van der Waals surface area contributed by atoms with Crippen LogP contribution in [0.3, 0.4) is 0 Å². The highest BCUT2D eigenvalue weighted by molar-refractivity contribution is 5.83. The van der Waals surface area contributed by atoms with Crippen molar-refractivity contribution in [1.29, 1.82) is 0 Å². The number of aromatic nitrogens is 5. The van der Waals surface area contributed by atoms with E-state index in [0.29, 0.717) is 23.5 Å². The summed E-state index contributed by atoms with van der Waals surface area (Å²) in [4.78, 5) is 15.0. The molecule has 0 unspecified atom stereocenters. The second-order valence-electron chi connectivity index (χ2n) is 5.04. The lowest BCUT2D eigenvalue weighted by atomic mass is 10.2. The van der Waals surface area contributed by atoms with E-state index in [0.717, 1.165) is 11.3 Å². The van der Waals surface area contributed by atoms with Gasteiger partial charge in [0.2, 0.25) is 0 Å². The number of halogens is 1. The molecule has 7 heteroatoms. The number of hydrogen-bond donors (Lipinski definition) is 2. The number of nitrogens with zero attached hydrogens (tertiary/aromatic N) is 4. The molecule has 0 saturated heterocycles. The molecule has 1 aromatic carbocycles. The van der Waals surface area contributed by atoms with Crippen LogP contribution < -0.4 is 5.32 Å². The molecule has 2 N–H and O–H groups in total. The van der Waals surface area contributed by atoms with Gasteiger partial charge in [-0.2, -0.15) is 14.4 Å². The molecular weight excluding hydrogens is 295 g/mol. The molecule has 23 heavy (non-hydrogen) atoms. The fourth-order valence-electron chi connectivity index (χ4n) is 2.43. The summed E-state index contributed by atoms with van der Waals surface area (Å²) in [5, 5.41) is 3.13. The maximum Gasteiger partial charge on any atom is 0.312 e. The summed E-state index contributed by atoms with van der Waals surface area (Å²) in [6.45, 7) is 0.531. The maximum atomic E-state index is 13.8. The first-order valence-corrected chi connectivity index (χ1v) is 7.13. The predicted molar refractivity (Wildman–Crippen MR) is 84.7 cm³/mol. The number of H-pyrrole nitrogens is 1. The van der Waals surface area contributed by atoms with Gasteiger partial charge in [0.05, 0.1) is 5.69 Å². The maximum absolute atomic E-state index is 13.8. The zero-order valence-corrected chi connectivity index (χ0v) is 12.1. The van der Waals surface area contributed by atoms with Gasteiger partial charge < -0.3 is 10.3 Å². The predicted octanol–water partition coefficient (Wildman–Crippen LogP) is 2.89. The molecule has 0 spiro atoms. The quantitative estimate of drug-likeness (QED) is 0.569. The fraction of sp³-hybridized carbons (Fsp3) is 0.0625. The van der Waals surface area contributed by atoms with Gasteiger partial charge in [-0.25, -0.2) is 4.98 Å². The van der Waals surface area contributed by atoms with Crippen molar-refractivity contribution in [2.45, 2.75) is 6.54 Å². The molecule has 4 aromatic rings. The first kappa shape index (κ1) is 13.4. The number of hydrogen-bond acceptors (Lipinski definition) is 4. The molecular formula is C16H13FN6. The summed E-state index contributed by atoms with van der Waals surface area (Å²) in [6.07, 6.45) is 4.39. The van der Waals surface area contributed by atoms with Crippen molar-refractivity contribution in [3.63, 3.8) is 0 Å². The number of rotatable bonds is 4. The van der Waals surface area contributed by atoms with Gasteiger partial charge in [0, 0.05) is 18.9 Å². The first-order valence-electron chi connectivity index (χ1n) is 7.13. The lowest BCUT2D eigenvalue weighted by molar-refractivity contribution is 0.544. The second-order valence-corrected chi connectivity index (χ2v) is 5.04. The van der Waals surface area contributed by atoms with Crippen molar-refractivity contribution < 1.29 is 4.39 Å². The third-order valence-electron chi connectivity index (χ3n) is 3.53. The molecule has 3 aromatic heterocycles. The number of imidazole rings is 1. The van der Waals surface area contributed by atoms with E-state index >= 15 is 0 Å². The molecule has 3 heterocycles. The summed E-state index contributed by atoms with van der Waals surface area (Å²) in [5.74, 6) is 0.380. The van der Waals surface area contributed by atoms with Crippen LogP contribution >= 0.6 is 0 Å². The molecule has 0 aliphatic carbocycles. The Labute approximate surface area is 131 Å². The van der Waals surface area contributed by atoms with Crippen molar-refractivity contribution in [3.8, 4) is 5.69 Å². The monoisotopic (exact) mass is 308 g/mol. The SMILES string of the molecule is Fc1nc(NCc2ccccc2)c2ncn(-c3cc[nH]c3)c2n1. The van der Waals surface area contributed by atoms with Crippen LogP contribution in [0.4, 0.5) is 10.2 Å². The lowest BCUT2D eigenvalue weighted by Crippen LogP contribution is -2.05. The average molecular weight is 308 g/mol. The molecule has 0 aliphatic heterocycles. The molecule has 0 saturated carbocycles. The molecule has 0 amide bonds. The van der Waals surface area contributed by atoms with Gasteiger partial charge in [-0.3, -0.25) is 4.57 Å². The third-order valence-corrected chi connectivity index (χ3v) is 3.53. The standard InChI is InChI=1S/C16H13FN6/c17-16-21-14(19-8-11-4-2-1-3-5-11)13-15(22-16)23(10-20-13)12-6-7-18-9-12/h1-7,9-10,18H,8H2,(H,19,21,22). The Bertz CT molecular complexity index is 930. The van der Waals surface area contributed by atoms with Crippen LogP contribution in [0.25, 0.3) is 16.9 Å². The molecule has 0 radical (unpaired) electrons.